The van der Waals surface area contributed by atoms with Crippen LogP contribution in [0.15, 0.2) is 0 Å². The molecule has 0 aliphatic carbocycles. The van der Waals surface area contributed by atoms with Crippen LogP contribution in [-0.2, 0) is 13.6 Å². The van der Waals surface area contributed by atoms with Gasteiger partial charge in [-0.2, -0.15) is 0 Å². The molecule has 0 aromatic rings. The zero-order chi connectivity index (χ0) is 29.3. The van der Waals surface area contributed by atoms with E-state index in [1.165, 1.54) is 77.0 Å². The first-order valence-electron chi connectivity index (χ1n) is 16.4. The number of carbonyl (C=O) groups is 1. The van der Waals surface area contributed by atoms with Crippen molar-refractivity contribution < 1.29 is 13.6 Å². The van der Waals surface area contributed by atoms with Crippen LogP contribution in [0.5, 0.6) is 0 Å². The molecule has 2 atom stereocenters. The summed E-state index contributed by atoms with van der Waals surface area (Å²) >= 11 is 0. The molecule has 0 unspecified atom stereocenters. The van der Waals surface area contributed by atoms with E-state index in [0.29, 0.717) is 12.5 Å². The summed E-state index contributed by atoms with van der Waals surface area (Å²) in [6, 6.07) is 0. The number of rotatable bonds is 23. The lowest BCUT2D eigenvalue weighted by atomic mass is 10.0. The summed E-state index contributed by atoms with van der Waals surface area (Å²) < 4.78 is 13.8. The molecule has 0 aromatic carbocycles. The topological polar surface area (TPSA) is 35.5 Å². The van der Waals surface area contributed by atoms with Gasteiger partial charge in [-0.25, -0.2) is 0 Å². The van der Waals surface area contributed by atoms with Gasteiger partial charge in [0.2, 0.25) is 0 Å². The van der Waals surface area contributed by atoms with Crippen molar-refractivity contribution >= 4 is 22.9 Å². The maximum Gasteiger partial charge on any atom is 0.192 e. The molecule has 0 amide bonds. The van der Waals surface area contributed by atoms with Crippen molar-refractivity contribution in [3.8, 4) is 0 Å². The Morgan fingerprint density at radius 1 is 0.553 bits per heavy atom. The van der Waals surface area contributed by atoms with E-state index in [1.54, 1.807) is 0 Å². The first-order valence-corrected chi connectivity index (χ1v) is 22.2. The standard InChI is InChI=1S/C33H70O3Si2/c1-12-13-14-15-16-17-18-19-20-21-22-23-25-30(35-37(8,9)32(2,3)4)27-28-31(26-24-29-34)36-38(10,11)33(5,6)7/h29-31H,12-28H2,1-11H3/t30-,31+/m0/s1. The smallest absolute Gasteiger partial charge is 0.192 e. The predicted molar refractivity (Wildman–Crippen MR) is 174 cm³/mol. The summed E-state index contributed by atoms with van der Waals surface area (Å²) in [5.41, 5.74) is 0. The molecular weight excluding hydrogens is 501 g/mol. The Balaban J connectivity index is 4.82. The molecule has 0 saturated carbocycles. The van der Waals surface area contributed by atoms with Gasteiger partial charge in [-0.15, -0.1) is 0 Å². The SMILES string of the molecule is CCCCCCCCCCCCCC[C@@H](CC[C@@H](CCC=O)O[Si](C)(C)C(C)(C)C)O[Si](C)(C)C(C)(C)C. The molecule has 228 valence electrons. The van der Waals surface area contributed by atoms with Crippen LogP contribution in [0.25, 0.3) is 0 Å². The van der Waals surface area contributed by atoms with E-state index in [2.05, 4.69) is 74.7 Å². The Hall–Kier alpha value is 0.0238. The van der Waals surface area contributed by atoms with Crippen LogP contribution in [0.4, 0.5) is 0 Å². The highest BCUT2D eigenvalue weighted by Crippen LogP contribution is 2.40. The summed E-state index contributed by atoms with van der Waals surface area (Å²) in [7, 11) is -3.71. The minimum absolute atomic E-state index is 0.161. The van der Waals surface area contributed by atoms with Gasteiger partial charge in [0.05, 0.1) is 0 Å². The molecule has 0 aliphatic heterocycles. The van der Waals surface area contributed by atoms with Crippen LogP contribution in [0.3, 0.4) is 0 Å². The molecule has 0 radical (unpaired) electrons. The molecule has 5 heteroatoms. The summed E-state index contributed by atoms with van der Waals surface area (Å²) in [6.07, 6.45) is 22.8. The monoisotopic (exact) mass is 570 g/mol. The van der Waals surface area contributed by atoms with E-state index < -0.39 is 16.6 Å². The third-order valence-electron chi connectivity index (χ3n) is 9.33. The zero-order valence-corrected chi connectivity index (χ0v) is 30.0. The fraction of sp³-hybridized carbons (Fsp3) is 0.970. The van der Waals surface area contributed by atoms with Gasteiger partial charge in [0.15, 0.2) is 16.6 Å². The summed E-state index contributed by atoms with van der Waals surface area (Å²) in [4.78, 5) is 11.2. The molecule has 38 heavy (non-hydrogen) atoms. The summed E-state index contributed by atoms with van der Waals surface area (Å²) in [5.74, 6) is 0. The number of hydrogen-bond acceptors (Lipinski definition) is 3. The van der Waals surface area contributed by atoms with Gasteiger partial charge in [-0.1, -0.05) is 126 Å². The molecule has 0 saturated heterocycles. The maximum absolute atomic E-state index is 11.2. The van der Waals surface area contributed by atoms with Gasteiger partial charge in [0.1, 0.15) is 6.29 Å². The molecule has 0 fully saturated rings. The highest BCUT2D eigenvalue weighted by Gasteiger charge is 2.40. The highest BCUT2D eigenvalue weighted by atomic mass is 28.4. The second kappa shape index (κ2) is 19.2. The molecule has 0 aliphatic rings. The van der Waals surface area contributed by atoms with E-state index in [9.17, 15) is 4.79 Å². The lowest BCUT2D eigenvalue weighted by Gasteiger charge is -2.41. The van der Waals surface area contributed by atoms with Crippen molar-refractivity contribution in [2.45, 2.75) is 206 Å². The van der Waals surface area contributed by atoms with Crippen LogP contribution in [0, 0.1) is 0 Å². The van der Waals surface area contributed by atoms with E-state index >= 15 is 0 Å². The first kappa shape index (κ1) is 38.0. The second-order valence-corrected chi connectivity index (χ2v) is 24.5. The summed E-state index contributed by atoms with van der Waals surface area (Å²) in [6.45, 7) is 25.6. The lowest BCUT2D eigenvalue weighted by Crippen LogP contribution is -2.45. The van der Waals surface area contributed by atoms with Crippen molar-refractivity contribution in [2.75, 3.05) is 0 Å². The Morgan fingerprint density at radius 3 is 1.24 bits per heavy atom. The molecule has 0 bridgehead atoms. The minimum atomic E-state index is -1.87. The molecule has 0 heterocycles. The summed E-state index contributed by atoms with van der Waals surface area (Å²) in [5, 5.41) is 0.398. The third-order valence-corrected chi connectivity index (χ3v) is 18.4. The number of aldehydes is 1. The molecule has 0 aromatic heterocycles. The predicted octanol–water partition coefficient (Wildman–Crippen LogP) is 11.6. The van der Waals surface area contributed by atoms with Crippen molar-refractivity contribution in [3.63, 3.8) is 0 Å². The average molecular weight is 571 g/mol. The highest BCUT2D eigenvalue weighted by molar-refractivity contribution is 6.74. The fourth-order valence-electron chi connectivity index (χ4n) is 4.55. The van der Waals surface area contributed by atoms with E-state index in [-0.39, 0.29) is 16.2 Å². The molecule has 0 spiro atoms. The van der Waals surface area contributed by atoms with E-state index in [4.69, 9.17) is 8.85 Å². The van der Waals surface area contributed by atoms with Crippen molar-refractivity contribution in [3.05, 3.63) is 0 Å². The van der Waals surface area contributed by atoms with Gasteiger partial charge in [-0.05, 0) is 61.9 Å². The number of carbonyl (C=O) groups excluding carboxylic acids is 1. The fourth-order valence-corrected chi connectivity index (χ4v) is 7.40. The van der Waals surface area contributed by atoms with Crippen LogP contribution in [0.1, 0.15) is 158 Å². The lowest BCUT2D eigenvalue weighted by molar-refractivity contribution is -0.108. The quantitative estimate of drug-likeness (QED) is 0.0696. The third kappa shape index (κ3) is 17.0. The molecule has 0 N–H and O–H groups in total. The number of unbranched alkanes of at least 4 members (excludes halogenated alkanes) is 11. The molecule has 3 nitrogen and oxygen atoms in total. The minimum Gasteiger partial charge on any atom is -0.414 e. The molecular formula is C33H70O3Si2. The largest absolute Gasteiger partial charge is 0.414 e. The van der Waals surface area contributed by atoms with Gasteiger partial charge >= 0.3 is 0 Å². The van der Waals surface area contributed by atoms with Gasteiger partial charge in [0.25, 0.3) is 0 Å². The Labute approximate surface area is 242 Å². The normalized spacial score (nSPS) is 15.0. The zero-order valence-electron chi connectivity index (χ0n) is 28.0. The van der Waals surface area contributed by atoms with Crippen molar-refractivity contribution in [1.29, 1.82) is 0 Å². The van der Waals surface area contributed by atoms with Gasteiger partial charge in [-0.3, -0.25) is 0 Å². The maximum atomic E-state index is 11.2. The van der Waals surface area contributed by atoms with Crippen LogP contribution >= 0.6 is 0 Å². The average Bonchev–Trinajstić information content (AvgIpc) is 2.79. The Bertz CT molecular complexity index is 590. The van der Waals surface area contributed by atoms with Crippen LogP contribution in [0.2, 0.25) is 36.3 Å². The first-order chi connectivity index (χ1) is 17.6. The van der Waals surface area contributed by atoms with Gasteiger partial charge in [0, 0.05) is 18.6 Å². The Kier molecular flexibility index (Phi) is 19.2. The van der Waals surface area contributed by atoms with E-state index in [0.717, 1.165) is 32.0 Å². The Morgan fingerprint density at radius 2 is 0.895 bits per heavy atom. The van der Waals surface area contributed by atoms with Crippen molar-refractivity contribution in [1.82, 2.24) is 0 Å². The number of hydrogen-bond donors (Lipinski definition) is 0. The molecule has 0 rings (SSSR count). The van der Waals surface area contributed by atoms with Gasteiger partial charge < -0.3 is 13.6 Å². The van der Waals surface area contributed by atoms with E-state index in [1.807, 2.05) is 0 Å². The second-order valence-electron chi connectivity index (χ2n) is 15.0. The van der Waals surface area contributed by atoms with Crippen LogP contribution in [-0.4, -0.2) is 35.1 Å². The van der Waals surface area contributed by atoms with Crippen molar-refractivity contribution in [2.24, 2.45) is 0 Å². The van der Waals surface area contributed by atoms with Crippen LogP contribution < -0.4 is 0 Å².